The molecule has 0 radical (unpaired) electrons. The molecule has 0 N–H and O–H groups in total. The fraction of sp³-hybridized carbons (Fsp3) is 0.833. The molecule has 7 nitrogen and oxygen atoms in total. The lowest BCUT2D eigenvalue weighted by atomic mass is 10.0. The van der Waals surface area contributed by atoms with Gasteiger partial charge in [0.15, 0.2) is 5.82 Å². The van der Waals surface area contributed by atoms with Crippen LogP contribution in [-0.2, 0) is 16.1 Å². The van der Waals surface area contributed by atoms with Gasteiger partial charge < -0.3 is 14.2 Å². The lowest BCUT2D eigenvalue weighted by Gasteiger charge is -2.29. The molecule has 7 heteroatoms. The maximum atomic E-state index is 12.8. The largest absolute Gasteiger partial charge is 0.378 e. The SMILES string of the molecule is CCN(Cc1noc(C)n1)C1CCCN(C(=O)C2CCOC2C)CC1. The van der Waals surface area contributed by atoms with Crippen LogP contribution in [0.3, 0.4) is 0 Å². The normalized spacial score (nSPS) is 27.7. The number of carbonyl (C=O) groups excluding carboxylic acids is 1. The zero-order valence-corrected chi connectivity index (χ0v) is 15.6. The van der Waals surface area contributed by atoms with Crippen LogP contribution in [0.4, 0.5) is 0 Å². The zero-order valence-electron chi connectivity index (χ0n) is 15.6. The summed E-state index contributed by atoms with van der Waals surface area (Å²) >= 11 is 0. The van der Waals surface area contributed by atoms with Crippen molar-refractivity contribution in [1.29, 1.82) is 0 Å². The second-order valence-corrected chi connectivity index (χ2v) is 7.17. The molecule has 2 aliphatic heterocycles. The molecule has 1 aromatic heterocycles. The molecule has 2 fully saturated rings. The van der Waals surface area contributed by atoms with Gasteiger partial charge in [-0.25, -0.2) is 0 Å². The number of ether oxygens (including phenoxy) is 1. The molecule has 2 saturated heterocycles. The Hall–Kier alpha value is -1.47. The molecule has 3 unspecified atom stereocenters. The van der Waals surface area contributed by atoms with E-state index >= 15 is 0 Å². The van der Waals surface area contributed by atoms with E-state index in [4.69, 9.17) is 9.26 Å². The smallest absolute Gasteiger partial charge is 0.228 e. The number of likely N-dealkylation sites (tertiary alicyclic amines) is 1. The summed E-state index contributed by atoms with van der Waals surface area (Å²) in [7, 11) is 0. The van der Waals surface area contributed by atoms with Crippen molar-refractivity contribution in [2.75, 3.05) is 26.2 Å². The summed E-state index contributed by atoms with van der Waals surface area (Å²) in [5.74, 6) is 1.67. The van der Waals surface area contributed by atoms with Crippen molar-refractivity contribution in [3.05, 3.63) is 11.7 Å². The van der Waals surface area contributed by atoms with Crippen molar-refractivity contribution in [3.63, 3.8) is 0 Å². The molecular formula is C18H30N4O3. The highest BCUT2D eigenvalue weighted by Gasteiger charge is 2.35. The lowest BCUT2D eigenvalue weighted by Crippen LogP contribution is -2.40. The highest BCUT2D eigenvalue weighted by atomic mass is 16.5. The Morgan fingerprint density at radius 1 is 1.32 bits per heavy atom. The minimum atomic E-state index is 0.0427. The van der Waals surface area contributed by atoms with Crippen LogP contribution in [0.1, 0.15) is 51.2 Å². The first-order valence-corrected chi connectivity index (χ1v) is 9.52. The van der Waals surface area contributed by atoms with Gasteiger partial charge in [-0.15, -0.1) is 0 Å². The van der Waals surface area contributed by atoms with E-state index in [1.54, 1.807) is 0 Å². The van der Waals surface area contributed by atoms with E-state index in [0.29, 0.717) is 25.1 Å². The maximum Gasteiger partial charge on any atom is 0.228 e. The van der Waals surface area contributed by atoms with E-state index in [-0.39, 0.29) is 17.9 Å². The monoisotopic (exact) mass is 350 g/mol. The maximum absolute atomic E-state index is 12.8. The lowest BCUT2D eigenvalue weighted by molar-refractivity contribution is -0.137. The van der Waals surface area contributed by atoms with Crippen LogP contribution in [0.5, 0.6) is 0 Å². The Kier molecular flexibility index (Phi) is 6.06. The third-order valence-corrected chi connectivity index (χ3v) is 5.54. The summed E-state index contributed by atoms with van der Waals surface area (Å²) in [6, 6.07) is 0.457. The number of carbonyl (C=O) groups is 1. The van der Waals surface area contributed by atoms with Crippen LogP contribution in [0.2, 0.25) is 0 Å². The standard InChI is InChI=1S/C18H30N4O3/c1-4-21(12-17-19-14(3)25-20-17)15-6-5-9-22(10-7-15)18(23)16-8-11-24-13(16)2/h13,15-16H,4-12H2,1-3H3. The average molecular weight is 350 g/mol. The fourth-order valence-electron chi connectivity index (χ4n) is 4.04. The molecule has 2 aliphatic rings. The van der Waals surface area contributed by atoms with Gasteiger partial charge in [-0.05, 0) is 39.2 Å². The van der Waals surface area contributed by atoms with Crippen LogP contribution >= 0.6 is 0 Å². The van der Waals surface area contributed by atoms with Crippen molar-refractivity contribution >= 4 is 5.91 Å². The third-order valence-electron chi connectivity index (χ3n) is 5.54. The number of nitrogens with zero attached hydrogens (tertiary/aromatic N) is 4. The molecule has 1 amide bonds. The van der Waals surface area contributed by atoms with Crippen molar-refractivity contribution in [3.8, 4) is 0 Å². The fourth-order valence-corrected chi connectivity index (χ4v) is 4.04. The summed E-state index contributed by atoms with van der Waals surface area (Å²) in [6.45, 7) is 10.0. The van der Waals surface area contributed by atoms with Gasteiger partial charge in [-0.1, -0.05) is 12.1 Å². The first kappa shape index (κ1) is 18.3. The van der Waals surface area contributed by atoms with Gasteiger partial charge in [-0.2, -0.15) is 4.98 Å². The summed E-state index contributed by atoms with van der Waals surface area (Å²) in [5.41, 5.74) is 0. The van der Waals surface area contributed by atoms with Crippen molar-refractivity contribution in [2.45, 2.75) is 65.1 Å². The van der Waals surface area contributed by atoms with Gasteiger partial charge in [0.25, 0.3) is 0 Å². The number of hydrogen-bond acceptors (Lipinski definition) is 6. The highest BCUT2D eigenvalue weighted by molar-refractivity contribution is 5.79. The number of hydrogen-bond donors (Lipinski definition) is 0. The Labute approximate surface area is 149 Å². The van der Waals surface area contributed by atoms with E-state index in [0.717, 1.165) is 51.1 Å². The van der Waals surface area contributed by atoms with E-state index < -0.39 is 0 Å². The van der Waals surface area contributed by atoms with Crippen molar-refractivity contribution in [1.82, 2.24) is 19.9 Å². The minimum absolute atomic E-state index is 0.0427. The minimum Gasteiger partial charge on any atom is -0.378 e. The molecule has 0 saturated carbocycles. The van der Waals surface area contributed by atoms with Crippen LogP contribution in [0, 0.1) is 12.8 Å². The molecule has 140 valence electrons. The Morgan fingerprint density at radius 2 is 2.16 bits per heavy atom. The van der Waals surface area contributed by atoms with Gasteiger partial charge in [0.05, 0.1) is 18.6 Å². The molecule has 3 heterocycles. The highest BCUT2D eigenvalue weighted by Crippen LogP contribution is 2.25. The zero-order chi connectivity index (χ0) is 17.8. The molecule has 0 aromatic carbocycles. The van der Waals surface area contributed by atoms with Crippen molar-refractivity contribution < 1.29 is 14.1 Å². The van der Waals surface area contributed by atoms with E-state index in [1.807, 2.05) is 13.8 Å². The summed E-state index contributed by atoms with van der Waals surface area (Å²) in [5, 5.41) is 4.02. The number of amides is 1. The summed E-state index contributed by atoms with van der Waals surface area (Å²) < 4.78 is 10.7. The predicted octanol–water partition coefficient (Wildman–Crippen LogP) is 2.01. The van der Waals surface area contributed by atoms with Gasteiger partial charge in [0.1, 0.15) is 0 Å². The van der Waals surface area contributed by atoms with E-state index in [1.165, 1.54) is 0 Å². The average Bonchev–Trinajstić information content (AvgIpc) is 3.12. The van der Waals surface area contributed by atoms with Gasteiger partial charge in [0.2, 0.25) is 11.8 Å². The van der Waals surface area contributed by atoms with Crippen LogP contribution in [-0.4, -0.2) is 64.2 Å². The Balaban J connectivity index is 1.57. The first-order valence-electron chi connectivity index (χ1n) is 9.52. The van der Waals surface area contributed by atoms with Crippen LogP contribution in [0.15, 0.2) is 4.52 Å². The van der Waals surface area contributed by atoms with Crippen LogP contribution in [0.25, 0.3) is 0 Å². The first-order chi connectivity index (χ1) is 12.1. The Morgan fingerprint density at radius 3 is 2.80 bits per heavy atom. The quantitative estimate of drug-likeness (QED) is 0.809. The van der Waals surface area contributed by atoms with E-state index in [2.05, 4.69) is 26.9 Å². The third kappa shape index (κ3) is 4.39. The van der Waals surface area contributed by atoms with Gasteiger partial charge in [0, 0.05) is 32.7 Å². The molecule has 1 aromatic rings. The molecule has 3 rings (SSSR count). The van der Waals surface area contributed by atoms with E-state index in [9.17, 15) is 4.79 Å². The molecule has 25 heavy (non-hydrogen) atoms. The molecule has 0 bridgehead atoms. The molecule has 0 aliphatic carbocycles. The second-order valence-electron chi connectivity index (χ2n) is 7.17. The Bertz CT molecular complexity index is 576. The predicted molar refractivity (Wildman–Crippen MR) is 92.9 cm³/mol. The number of rotatable bonds is 5. The van der Waals surface area contributed by atoms with Gasteiger partial charge >= 0.3 is 0 Å². The number of aromatic nitrogens is 2. The van der Waals surface area contributed by atoms with Crippen LogP contribution < -0.4 is 0 Å². The second kappa shape index (κ2) is 8.27. The topological polar surface area (TPSA) is 71.7 Å². The molecule has 0 spiro atoms. The van der Waals surface area contributed by atoms with Gasteiger partial charge in [-0.3, -0.25) is 9.69 Å². The summed E-state index contributed by atoms with van der Waals surface area (Å²) in [4.78, 5) is 21.6. The van der Waals surface area contributed by atoms with Crippen molar-refractivity contribution in [2.24, 2.45) is 5.92 Å². The molecular weight excluding hydrogens is 320 g/mol. The molecule has 3 atom stereocenters. The summed E-state index contributed by atoms with van der Waals surface area (Å²) in [6.07, 6.45) is 4.06. The number of aryl methyl sites for hydroxylation is 1.